The molecule has 0 unspecified atom stereocenters. The summed E-state index contributed by atoms with van der Waals surface area (Å²) >= 11 is 5.90. The van der Waals surface area contributed by atoms with Crippen LogP contribution in [0.15, 0.2) is 28.7 Å². The number of amides is 3. The van der Waals surface area contributed by atoms with E-state index in [1.807, 2.05) is 0 Å². The summed E-state index contributed by atoms with van der Waals surface area (Å²) in [4.78, 5) is 27.7. The van der Waals surface area contributed by atoms with Gasteiger partial charge in [0.05, 0.1) is 0 Å². The number of carbonyl (C=O) groups excluding carboxylic acids is 2. The van der Waals surface area contributed by atoms with Crippen molar-refractivity contribution in [3.8, 4) is 0 Å². The minimum Gasteiger partial charge on any atom is -0.417 e. The summed E-state index contributed by atoms with van der Waals surface area (Å²) in [5.74, 6) is 0.00714. The van der Waals surface area contributed by atoms with E-state index >= 15 is 0 Å². The topological polar surface area (TPSA) is 91.6 Å². The lowest BCUT2D eigenvalue weighted by atomic mass is 10.3. The fourth-order valence-corrected chi connectivity index (χ4v) is 2.59. The SMILES string of the molecule is Cc1nnc(C(=O)N2CCN(C(=O)Nc3cccc(Cl)c3)CC2)o1. The fraction of sp³-hybridized carbons (Fsp3) is 0.333. The van der Waals surface area contributed by atoms with E-state index < -0.39 is 0 Å². The van der Waals surface area contributed by atoms with E-state index in [1.54, 1.807) is 41.0 Å². The van der Waals surface area contributed by atoms with Crippen LogP contribution in [0.3, 0.4) is 0 Å². The third-order valence-corrected chi connectivity index (χ3v) is 3.87. The fourth-order valence-electron chi connectivity index (χ4n) is 2.40. The Kier molecular flexibility index (Phi) is 4.66. The van der Waals surface area contributed by atoms with Crippen LogP contribution in [0.5, 0.6) is 0 Å². The zero-order valence-electron chi connectivity index (χ0n) is 13.0. The van der Waals surface area contributed by atoms with Crippen LogP contribution in [0.2, 0.25) is 5.02 Å². The number of aryl methyl sites for hydroxylation is 1. The Labute approximate surface area is 143 Å². The molecular formula is C15H16ClN5O3. The number of hydrogen-bond donors (Lipinski definition) is 1. The number of anilines is 1. The highest BCUT2D eigenvalue weighted by Crippen LogP contribution is 2.16. The molecule has 9 heteroatoms. The third-order valence-electron chi connectivity index (χ3n) is 3.64. The van der Waals surface area contributed by atoms with Crippen molar-refractivity contribution in [2.45, 2.75) is 6.92 Å². The molecule has 3 amide bonds. The van der Waals surface area contributed by atoms with E-state index in [9.17, 15) is 9.59 Å². The van der Waals surface area contributed by atoms with Gasteiger partial charge in [-0.25, -0.2) is 4.79 Å². The molecule has 1 aromatic carbocycles. The molecule has 0 bridgehead atoms. The van der Waals surface area contributed by atoms with Crippen LogP contribution in [0.25, 0.3) is 0 Å². The number of nitrogens with zero attached hydrogens (tertiary/aromatic N) is 4. The highest BCUT2D eigenvalue weighted by Gasteiger charge is 2.27. The molecule has 0 aliphatic carbocycles. The van der Waals surface area contributed by atoms with Crippen molar-refractivity contribution in [1.82, 2.24) is 20.0 Å². The monoisotopic (exact) mass is 349 g/mol. The maximum atomic E-state index is 12.3. The summed E-state index contributed by atoms with van der Waals surface area (Å²) in [5.41, 5.74) is 0.632. The molecule has 0 radical (unpaired) electrons. The molecule has 3 rings (SSSR count). The first kappa shape index (κ1) is 16.3. The number of benzene rings is 1. The second-order valence-corrected chi connectivity index (χ2v) is 5.78. The molecule has 24 heavy (non-hydrogen) atoms. The molecule has 1 aliphatic heterocycles. The highest BCUT2D eigenvalue weighted by atomic mass is 35.5. The molecule has 2 aromatic rings. The second-order valence-electron chi connectivity index (χ2n) is 5.35. The summed E-state index contributed by atoms with van der Waals surface area (Å²) in [5, 5.41) is 10.7. The molecule has 0 saturated carbocycles. The standard InChI is InChI=1S/C15H16ClN5O3/c1-10-18-19-13(24-10)14(22)20-5-7-21(8-6-20)15(23)17-12-4-2-3-11(16)9-12/h2-4,9H,5-8H2,1H3,(H,17,23). The van der Waals surface area contributed by atoms with Crippen LogP contribution in [-0.4, -0.2) is 58.1 Å². The molecule has 1 N–H and O–H groups in total. The van der Waals surface area contributed by atoms with E-state index in [-0.39, 0.29) is 17.8 Å². The first-order valence-electron chi connectivity index (χ1n) is 7.44. The summed E-state index contributed by atoms with van der Waals surface area (Å²) in [6.07, 6.45) is 0. The number of rotatable bonds is 2. The lowest BCUT2D eigenvalue weighted by Gasteiger charge is -2.34. The van der Waals surface area contributed by atoms with Gasteiger partial charge in [-0.2, -0.15) is 0 Å². The summed E-state index contributed by atoms with van der Waals surface area (Å²) < 4.78 is 5.14. The first-order valence-corrected chi connectivity index (χ1v) is 7.81. The van der Waals surface area contributed by atoms with E-state index in [4.69, 9.17) is 16.0 Å². The Bertz CT molecular complexity index is 755. The van der Waals surface area contributed by atoms with Gasteiger partial charge in [-0.05, 0) is 18.2 Å². The largest absolute Gasteiger partial charge is 0.417 e. The molecule has 1 fully saturated rings. The van der Waals surface area contributed by atoms with Gasteiger partial charge < -0.3 is 19.5 Å². The van der Waals surface area contributed by atoms with Crippen molar-refractivity contribution in [3.05, 3.63) is 41.1 Å². The van der Waals surface area contributed by atoms with Gasteiger partial charge in [0.2, 0.25) is 5.89 Å². The van der Waals surface area contributed by atoms with Crippen LogP contribution in [0.4, 0.5) is 10.5 Å². The number of nitrogens with one attached hydrogen (secondary N) is 1. The van der Waals surface area contributed by atoms with E-state index in [0.717, 1.165) is 0 Å². The van der Waals surface area contributed by atoms with Gasteiger partial charge in [0.15, 0.2) is 0 Å². The van der Waals surface area contributed by atoms with Gasteiger partial charge in [0.1, 0.15) is 0 Å². The predicted octanol–water partition coefficient (Wildman–Crippen LogP) is 2.02. The van der Waals surface area contributed by atoms with Crippen molar-refractivity contribution < 1.29 is 14.0 Å². The van der Waals surface area contributed by atoms with Crippen LogP contribution < -0.4 is 5.32 Å². The molecule has 1 aliphatic rings. The molecule has 0 spiro atoms. The van der Waals surface area contributed by atoms with Crippen molar-refractivity contribution >= 4 is 29.2 Å². The van der Waals surface area contributed by atoms with Gasteiger partial charge >= 0.3 is 17.8 Å². The van der Waals surface area contributed by atoms with Crippen molar-refractivity contribution in [2.75, 3.05) is 31.5 Å². The van der Waals surface area contributed by atoms with E-state index in [1.165, 1.54) is 0 Å². The van der Waals surface area contributed by atoms with E-state index in [0.29, 0.717) is 42.8 Å². The van der Waals surface area contributed by atoms with Crippen LogP contribution in [-0.2, 0) is 0 Å². The smallest absolute Gasteiger partial charge is 0.321 e. The number of carbonyl (C=O) groups is 2. The normalized spacial score (nSPS) is 14.6. The summed E-state index contributed by atoms with van der Waals surface area (Å²) in [6.45, 7) is 3.28. The number of halogens is 1. The second kappa shape index (κ2) is 6.88. The summed E-state index contributed by atoms with van der Waals surface area (Å²) in [6, 6.07) is 6.72. The maximum Gasteiger partial charge on any atom is 0.321 e. The molecule has 1 aromatic heterocycles. The molecule has 1 saturated heterocycles. The van der Waals surface area contributed by atoms with Gasteiger partial charge in [-0.1, -0.05) is 17.7 Å². The van der Waals surface area contributed by atoms with Gasteiger partial charge in [-0.3, -0.25) is 4.79 Å². The number of urea groups is 1. The minimum atomic E-state index is -0.314. The lowest BCUT2D eigenvalue weighted by Crippen LogP contribution is -2.51. The summed E-state index contributed by atoms with van der Waals surface area (Å²) in [7, 11) is 0. The first-order chi connectivity index (χ1) is 11.5. The highest BCUT2D eigenvalue weighted by molar-refractivity contribution is 6.30. The quantitative estimate of drug-likeness (QED) is 0.895. The molecule has 8 nitrogen and oxygen atoms in total. The third kappa shape index (κ3) is 3.65. The Morgan fingerprint density at radius 2 is 1.88 bits per heavy atom. The van der Waals surface area contributed by atoms with Crippen LogP contribution >= 0.6 is 11.6 Å². The minimum absolute atomic E-state index is 0.0238. The van der Waals surface area contributed by atoms with Gasteiger partial charge in [0, 0.05) is 43.8 Å². The van der Waals surface area contributed by atoms with Crippen molar-refractivity contribution in [3.63, 3.8) is 0 Å². The Hall–Kier alpha value is -2.61. The Morgan fingerprint density at radius 3 is 2.50 bits per heavy atom. The predicted molar refractivity (Wildman–Crippen MR) is 87.0 cm³/mol. The van der Waals surface area contributed by atoms with Crippen molar-refractivity contribution in [2.24, 2.45) is 0 Å². The zero-order chi connectivity index (χ0) is 17.1. The molecule has 126 valence electrons. The average Bonchev–Trinajstić information content (AvgIpc) is 3.01. The number of piperazine rings is 1. The number of hydrogen-bond acceptors (Lipinski definition) is 5. The van der Waals surface area contributed by atoms with Crippen LogP contribution in [0.1, 0.15) is 16.6 Å². The average molecular weight is 350 g/mol. The lowest BCUT2D eigenvalue weighted by molar-refractivity contribution is 0.0631. The molecular weight excluding hydrogens is 334 g/mol. The zero-order valence-corrected chi connectivity index (χ0v) is 13.8. The van der Waals surface area contributed by atoms with Crippen molar-refractivity contribution in [1.29, 1.82) is 0 Å². The maximum absolute atomic E-state index is 12.3. The Morgan fingerprint density at radius 1 is 1.17 bits per heavy atom. The Balaban J connectivity index is 1.54. The van der Waals surface area contributed by atoms with E-state index in [2.05, 4.69) is 15.5 Å². The van der Waals surface area contributed by atoms with Crippen LogP contribution in [0, 0.1) is 6.92 Å². The van der Waals surface area contributed by atoms with Gasteiger partial charge in [0.25, 0.3) is 0 Å². The van der Waals surface area contributed by atoms with Gasteiger partial charge in [-0.15, -0.1) is 10.2 Å². The molecule has 0 atom stereocenters. The molecule has 2 heterocycles. The number of aromatic nitrogens is 2.